The Kier molecular flexibility index (Phi) is 5.70. The number of amides is 5. The molecule has 2 N–H and O–H groups in total. The van der Waals surface area contributed by atoms with Crippen LogP contribution in [-0.2, 0) is 26.3 Å². The molecule has 1 aliphatic carbocycles. The van der Waals surface area contributed by atoms with Crippen molar-refractivity contribution in [3.8, 4) is 0 Å². The lowest BCUT2D eigenvalue weighted by atomic mass is 9.94. The van der Waals surface area contributed by atoms with Crippen molar-refractivity contribution >= 4 is 29.6 Å². The average molecular weight is 477 g/mol. The highest BCUT2D eigenvalue weighted by Crippen LogP contribution is 2.46. The van der Waals surface area contributed by atoms with Crippen LogP contribution in [0.25, 0.3) is 0 Å². The smallest absolute Gasteiger partial charge is 0.418 e. The molecule has 1 unspecified atom stereocenters. The first-order valence-corrected chi connectivity index (χ1v) is 11.9. The number of nitrogens with one attached hydrogen (secondary N) is 2. The minimum absolute atomic E-state index is 0.0650. The Hall–Kier alpha value is -3.88. The highest BCUT2D eigenvalue weighted by molar-refractivity contribution is 6.06. The number of imide groups is 1. The number of hydrogen-bond donors (Lipinski definition) is 2. The van der Waals surface area contributed by atoms with Crippen LogP contribution in [0, 0.1) is 6.92 Å². The van der Waals surface area contributed by atoms with Crippen molar-refractivity contribution in [1.29, 1.82) is 0 Å². The molecule has 2 atom stereocenters. The summed E-state index contributed by atoms with van der Waals surface area (Å²) in [6.45, 7) is 2.27. The van der Waals surface area contributed by atoms with E-state index < -0.39 is 17.6 Å². The molecule has 5 rings (SSSR count). The van der Waals surface area contributed by atoms with E-state index in [1.165, 1.54) is 7.05 Å². The van der Waals surface area contributed by atoms with Crippen LogP contribution in [0.1, 0.15) is 47.6 Å². The fraction of sp³-hybridized carbons (Fsp3) is 0.385. The normalized spacial score (nSPS) is 23.0. The van der Waals surface area contributed by atoms with E-state index in [2.05, 4.69) is 10.6 Å². The summed E-state index contributed by atoms with van der Waals surface area (Å²) >= 11 is 0. The lowest BCUT2D eigenvalue weighted by Crippen LogP contribution is -2.44. The van der Waals surface area contributed by atoms with Gasteiger partial charge in [0.2, 0.25) is 11.5 Å². The summed E-state index contributed by atoms with van der Waals surface area (Å²) in [6.07, 6.45) is 1.73. The number of anilines is 1. The Balaban J connectivity index is 1.34. The molecule has 2 heterocycles. The zero-order chi connectivity index (χ0) is 24.7. The van der Waals surface area contributed by atoms with Crippen molar-refractivity contribution in [1.82, 2.24) is 15.1 Å². The standard InChI is InChI=1S/C26H28N4O5/c1-16-6-3-4-7-19(16)21-8-5-13-29(21)22(31)15-30-23(32)26(35-25(30)34)12-11-17-14-18(9-10-20(17)26)28-24(33)27-2/h3-4,6-7,9-10,14,21H,5,8,11-13,15H2,1-2H3,(H2,27,28,33)/t21?,26-/m1/s1. The Labute approximate surface area is 203 Å². The molecular weight excluding hydrogens is 448 g/mol. The van der Waals surface area contributed by atoms with Crippen LogP contribution in [0.4, 0.5) is 15.3 Å². The molecule has 2 aromatic rings. The Bertz CT molecular complexity index is 1230. The minimum atomic E-state index is -1.42. The highest BCUT2D eigenvalue weighted by atomic mass is 16.6. The first-order chi connectivity index (χ1) is 16.8. The van der Waals surface area contributed by atoms with Crippen molar-refractivity contribution < 1.29 is 23.9 Å². The molecule has 1 spiro atoms. The molecule has 2 aromatic carbocycles. The third-order valence-corrected chi connectivity index (χ3v) is 7.26. The number of nitrogens with zero attached hydrogens (tertiary/aromatic N) is 2. The second-order valence-corrected chi connectivity index (χ2v) is 9.26. The third kappa shape index (κ3) is 3.80. The molecule has 2 aliphatic heterocycles. The SMILES string of the molecule is CNC(=O)Nc1ccc2c(c1)CC[C@@]21OC(=O)N(CC(=O)N2CCCC2c2ccccc2C)C1=O. The fourth-order valence-corrected chi connectivity index (χ4v) is 5.50. The number of rotatable bonds is 4. The number of likely N-dealkylation sites (tertiary alicyclic amines) is 1. The summed E-state index contributed by atoms with van der Waals surface area (Å²) in [5.74, 6) is -0.769. The molecule has 9 nitrogen and oxygen atoms in total. The minimum Gasteiger partial charge on any atom is -0.427 e. The van der Waals surface area contributed by atoms with Crippen LogP contribution in [0.15, 0.2) is 42.5 Å². The highest BCUT2D eigenvalue weighted by Gasteiger charge is 2.58. The van der Waals surface area contributed by atoms with E-state index in [1.54, 1.807) is 23.1 Å². The number of benzene rings is 2. The summed E-state index contributed by atoms with van der Waals surface area (Å²) in [5.41, 5.74) is 2.80. The molecule has 3 aliphatic rings. The van der Waals surface area contributed by atoms with Crippen LogP contribution in [0.2, 0.25) is 0 Å². The summed E-state index contributed by atoms with van der Waals surface area (Å²) < 4.78 is 5.66. The van der Waals surface area contributed by atoms with E-state index in [9.17, 15) is 19.2 Å². The van der Waals surface area contributed by atoms with E-state index in [4.69, 9.17) is 4.74 Å². The van der Waals surface area contributed by atoms with Gasteiger partial charge in [0.25, 0.3) is 5.91 Å². The van der Waals surface area contributed by atoms with Crippen molar-refractivity contribution in [2.45, 2.75) is 44.2 Å². The van der Waals surface area contributed by atoms with Crippen LogP contribution in [-0.4, -0.2) is 53.9 Å². The quantitative estimate of drug-likeness (QED) is 0.705. The van der Waals surface area contributed by atoms with Crippen LogP contribution >= 0.6 is 0 Å². The molecule has 0 bridgehead atoms. The molecule has 2 saturated heterocycles. The van der Waals surface area contributed by atoms with Gasteiger partial charge in [-0.3, -0.25) is 9.59 Å². The predicted octanol–water partition coefficient (Wildman–Crippen LogP) is 3.23. The van der Waals surface area contributed by atoms with Crippen LogP contribution in [0.5, 0.6) is 0 Å². The van der Waals surface area contributed by atoms with Crippen molar-refractivity contribution in [2.75, 3.05) is 25.5 Å². The van der Waals surface area contributed by atoms with Crippen molar-refractivity contribution in [3.05, 3.63) is 64.7 Å². The topological polar surface area (TPSA) is 108 Å². The maximum absolute atomic E-state index is 13.5. The van der Waals surface area contributed by atoms with Gasteiger partial charge in [0.15, 0.2) is 0 Å². The molecule has 2 fully saturated rings. The molecule has 35 heavy (non-hydrogen) atoms. The van der Waals surface area contributed by atoms with Gasteiger partial charge in [-0.25, -0.2) is 14.5 Å². The zero-order valence-electron chi connectivity index (χ0n) is 19.8. The number of ether oxygens (including phenoxy) is 1. The lowest BCUT2D eigenvalue weighted by Gasteiger charge is -2.27. The molecule has 9 heteroatoms. The summed E-state index contributed by atoms with van der Waals surface area (Å²) in [7, 11) is 1.52. The zero-order valence-corrected chi connectivity index (χ0v) is 19.8. The van der Waals surface area contributed by atoms with E-state index in [0.717, 1.165) is 34.4 Å². The largest absolute Gasteiger partial charge is 0.427 e. The predicted molar refractivity (Wildman–Crippen MR) is 128 cm³/mol. The number of fused-ring (bicyclic) bond motifs is 2. The molecule has 0 radical (unpaired) electrons. The molecular formula is C26H28N4O5. The maximum Gasteiger partial charge on any atom is 0.418 e. The van der Waals surface area contributed by atoms with Gasteiger partial charge in [-0.2, -0.15) is 0 Å². The number of carbonyl (C=O) groups is 4. The number of urea groups is 1. The van der Waals surface area contributed by atoms with E-state index >= 15 is 0 Å². The third-order valence-electron chi connectivity index (χ3n) is 7.26. The van der Waals surface area contributed by atoms with Gasteiger partial charge >= 0.3 is 12.1 Å². The molecule has 0 aromatic heterocycles. The average Bonchev–Trinajstić information content (AvgIpc) is 3.53. The lowest BCUT2D eigenvalue weighted by molar-refractivity contribution is -0.142. The van der Waals surface area contributed by atoms with E-state index in [0.29, 0.717) is 30.6 Å². The fourth-order valence-electron chi connectivity index (χ4n) is 5.50. The van der Waals surface area contributed by atoms with E-state index in [1.807, 2.05) is 31.2 Å². The second-order valence-electron chi connectivity index (χ2n) is 9.26. The maximum atomic E-state index is 13.5. The van der Waals surface area contributed by atoms with Gasteiger partial charge in [-0.1, -0.05) is 30.3 Å². The van der Waals surface area contributed by atoms with Crippen LogP contribution in [0.3, 0.4) is 0 Å². The van der Waals surface area contributed by atoms with Gasteiger partial charge in [-0.05, 0) is 55.0 Å². The number of hydrogen-bond acceptors (Lipinski definition) is 5. The summed E-state index contributed by atoms with van der Waals surface area (Å²) in [4.78, 5) is 53.9. The number of carbonyl (C=O) groups excluding carboxylic acids is 4. The molecule has 182 valence electrons. The summed E-state index contributed by atoms with van der Waals surface area (Å²) in [5, 5.41) is 5.19. The first-order valence-electron chi connectivity index (χ1n) is 11.9. The van der Waals surface area contributed by atoms with Crippen molar-refractivity contribution in [2.24, 2.45) is 0 Å². The van der Waals surface area contributed by atoms with Gasteiger partial charge in [0.1, 0.15) is 6.54 Å². The van der Waals surface area contributed by atoms with E-state index in [-0.39, 0.29) is 24.5 Å². The van der Waals surface area contributed by atoms with Crippen LogP contribution < -0.4 is 10.6 Å². The van der Waals surface area contributed by atoms with Crippen molar-refractivity contribution in [3.63, 3.8) is 0 Å². The van der Waals surface area contributed by atoms with Gasteiger partial charge in [0, 0.05) is 31.3 Å². The summed E-state index contributed by atoms with van der Waals surface area (Å²) in [6, 6.07) is 12.7. The molecule has 5 amide bonds. The number of aryl methyl sites for hydroxylation is 2. The Morgan fingerprint density at radius 1 is 1.17 bits per heavy atom. The van der Waals surface area contributed by atoms with Gasteiger partial charge in [0.05, 0.1) is 6.04 Å². The Morgan fingerprint density at radius 3 is 2.74 bits per heavy atom. The molecule has 0 saturated carbocycles. The monoisotopic (exact) mass is 476 g/mol. The first kappa shape index (κ1) is 22.9. The van der Waals surface area contributed by atoms with Gasteiger partial charge < -0.3 is 20.3 Å². The second kappa shape index (κ2) is 8.72. The van der Waals surface area contributed by atoms with Gasteiger partial charge in [-0.15, -0.1) is 0 Å². The Morgan fingerprint density at radius 2 is 1.97 bits per heavy atom.